The van der Waals surface area contributed by atoms with Crippen molar-refractivity contribution in [2.24, 2.45) is 0 Å². The second kappa shape index (κ2) is 8.57. The highest BCUT2D eigenvalue weighted by atomic mass is 35.5. The molecule has 0 aliphatic carbocycles. The van der Waals surface area contributed by atoms with Crippen LogP contribution in [0.4, 0.5) is 0 Å². The minimum atomic E-state index is 0.114. The molecule has 28 heavy (non-hydrogen) atoms. The van der Waals surface area contributed by atoms with Crippen LogP contribution >= 0.6 is 11.6 Å². The lowest BCUT2D eigenvalue weighted by atomic mass is 9.93. The molecule has 4 rings (SSSR count). The number of benzene rings is 2. The predicted molar refractivity (Wildman–Crippen MR) is 113 cm³/mol. The number of pyridine rings is 1. The highest BCUT2D eigenvalue weighted by Crippen LogP contribution is 2.27. The minimum absolute atomic E-state index is 0.114. The molecule has 142 valence electrons. The van der Waals surface area contributed by atoms with Gasteiger partial charge in [-0.05, 0) is 54.8 Å². The molecule has 0 bridgehead atoms. The monoisotopic (exact) mass is 390 g/mol. The van der Waals surface area contributed by atoms with Gasteiger partial charge in [-0.15, -0.1) is 0 Å². The summed E-state index contributed by atoms with van der Waals surface area (Å²) in [6.45, 7) is 1.54. The smallest absolute Gasteiger partial charge is 0.253 e. The zero-order valence-electron chi connectivity index (χ0n) is 15.7. The van der Waals surface area contributed by atoms with Crippen molar-refractivity contribution >= 4 is 17.5 Å². The molecule has 0 unspecified atom stereocenters. The Morgan fingerprint density at radius 2 is 1.79 bits per heavy atom. The second-order valence-electron chi connectivity index (χ2n) is 7.31. The van der Waals surface area contributed by atoms with Crippen LogP contribution in [0.5, 0.6) is 0 Å². The van der Waals surface area contributed by atoms with E-state index in [1.807, 2.05) is 59.5 Å². The third kappa shape index (κ3) is 4.42. The lowest BCUT2D eigenvalue weighted by molar-refractivity contribution is 0.0706. The number of amides is 1. The number of hydrogen-bond donors (Lipinski definition) is 0. The Hall–Kier alpha value is -2.65. The van der Waals surface area contributed by atoms with Crippen LogP contribution in [0.1, 0.15) is 46.1 Å². The van der Waals surface area contributed by atoms with Gasteiger partial charge in [-0.2, -0.15) is 0 Å². The molecule has 1 atom stereocenters. The third-order valence-corrected chi connectivity index (χ3v) is 5.53. The SMILES string of the molecule is O=C(c1ccccc1)N1CCC[C@H](c2cccc(Cc3ccc(Cl)cc3)n2)C1. The normalized spacial score (nSPS) is 16.8. The van der Waals surface area contributed by atoms with Gasteiger partial charge in [0, 0.05) is 47.4 Å². The van der Waals surface area contributed by atoms with Gasteiger partial charge in [0.1, 0.15) is 0 Å². The van der Waals surface area contributed by atoms with E-state index < -0.39 is 0 Å². The summed E-state index contributed by atoms with van der Waals surface area (Å²) in [6.07, 6.45) is 2.85. The lowest BCUT2D eigenvalue weighted by Gasteiger charge is -2.32. The van der Waals surface area contributed by atoms with Gasteiger partial charge >= 0.3 is 0 Å². The van der Waals surface area contributed by atoms with Gasteiger partial charge < -0.3 is 4.90 Å². The first-order valence-electron chi connectivity index (χ1n) is 9.73. The van der Waals surface area contributed by atoms with Crippen molar-refractivity contribution in [3.8, 4) is 0 Å². The van der Waals surface area contributed by atoms with E-state index in [-0.39, 0.29) is 11.8 Å². The Labute approximate surface area is 171 Å². The van der Waals surface area contributed by atoms with Crippen molar-refractivity contribution in [3.05, 3.63) is 100 Å². The Kier molecular flexibility index (Phi) is 5.73. The quantitative estimate of drug-likeness (QED) is 0.602. The molecule has 4 heteroatoms. The summed E-state index contributed by atoms with van der Waals surface area (Å²) in [5.74, 6) is 0.397. The fourth-order valence-electron chi connectivity index (χ4n) is 3.80. The lowest BCUT2D eigenvalue weighted by Crippen LogP contribution is -2.39. The molecule has 1 fully saturated rings. The average molecular weight is 391 g/mol. The summed E-state index contributed by atoms with van der Waals surface area (Å²) in [6, 6.07) is 23.7. The first-order chi connectivity index (χ1) is 13.7. The molecule has 0 N–H and O–H groups in total. The van der Waals surface area contributed by atoms with Crippen LogP contribution in [0.25, 0.3) is 0 Å². The molecule has 1 aromatic heterocycles. The molecule has 2 aromatic carbocycles. The van der Waals surface area contributed by atoms with Gasteiger partial charge in [0.05, 0.1) is 0 Å². The van der Waals surface area contributed by atoms with Gasteiger partial charge in [-0.3, -0.25) is 9.78 Å². The van der Waals surface area contributed by atoms with Gasteiger partial charge in [-0.1, -0.05) is 48.0 Å². The number of aromatic nitrogens is 1. The number of hydrogen-bond acceptors (Lipinski definition) is 2. The van der Waals surface area contributed by atoms with Crippen molar-refractivity contribution in [2.45, 2.75) is 25.2 Å². The van der Waals surface area contributed by atoms with E-state index in [1.165, 1.54) is 5.56 Å². The van der Waals surface area contributed by atoms with Crippen LogP contribution in [-0.2, 0) is 6.42 Å². The van der Waals surface area contributed by atoms with E-state index in [0.29, 0.717) is 0 Å². The Morgan fingerprint density at radius 3 is 2.57 bits per heavy atom. The topological polar surface area (TPSA) is 33.2 Å². The zero-order chi connectivity index (χ0) is 19.3. The van der Waals surface area contributed by atoms with E-state index in [2.05, 4.69) is 18.2 Å². The number of rotatable bonds is 4. The van der Waals surface area contributed by atoms with Gasteiger partial charge in [0.2, 0.25) is 0 Å². The maximum atomic E-state index is 12.8. The summed E-state index contributed by atoms with van der Waals surface area (Å²) >= 11 is 5.98. The largest absolute Gasteiger partial charge is 0.338 e. The minimum Gasteiger partial charge on any atom is -0.338 e. The van der Waals surface area contributed by atoms with E-state index in [9.17, 15) is 4.79 Å². The molecule has 0 radical (unpaired) electrons. The molecule has 1 aliphatic rings. The van der Waals surface area contributed by atoms with Crippen LogP contribution in [0.2, 0.25) is 5.02 Å². The van der Waals surface area contributed by atoms with E-state index in [4.69, 9.17) is 16.6 Å². The highest BCUT2D eigenvalue weighted by molar-refractivity contribution is 6.30. The second-order valence-corrected chi connectivity index (χ2v) is 7.75. The Morgan fingerprint density at radius 1 is 1.00 bits per heavy atom. The van der Waals surface area contributed by atoms with Crippen molar-refractivity contribution in [2.75, 3.05) is 13.1 Å². The molecule has 1 amide bonds. The predicted octanol–water partition coefficient (Wildman–Crippen LogP) is 5.35. The number of carbonyl (C=O) groups is 1. The number of likely N-dealkylation sites (tertiary alicyclic amines) is 1. The zero-order valence-corrected chi connectivity index (χ0v) is 16.5. The van der Waals surface area contributed by atoms with Crippen LogP contribution in [0.15, 0.2) is 72.8 Å². The molecule has 1 aliphatic heterocycles. The highest BCUT2D eigenvalue weighted by Gasteiger charge is 2.26. The molecule has 3 nitrogen and oxygen atoms in total. The fourth-order valence-corrected chi connectivity index (χ4v) is 3.93. The van der Waals surface area contributed by atoms with Gasteiger partial charge in [0.15, 0.2) is 0 Å². The van der Waals surface area contributed by atoms with Crippen molar-refractivity contribution in [1.29, 1.82) is 0 Å². The summed E-state index contributed by atoms with van der Waals surface area (Å²) in [5, 5.41) is 0.746. The first kappa shape index (κ1) is 18.7. The molecular weight excluding hydrogens is 368 g/mol. The van der Waals surface area contributed by atoms with Crippen molar-refractivity contribution in [1.82, 2.24) is 9.88 Å². The molecule has 0 saturated carbocycles. The summed E-state index contributed by atoms with van der Waals surface area (Å²) < 4.78 is 0. The van der Waals surface area contributed by atoms with Crippen LogP contribution in [0, 0.1) is 0 Å². The summed E-state index contributed by atoms with van der Waals surface area (Å²) in [5.41, 5.74) is 4.08. The van der Waals surface area contributed by atoms with Crippen molar-refractivity contribution in [3.63, 3.8) is 0 Å². The van der Waals surface area contributed by atoms with Crippen LogP contribution in [-0.4, -0.2) is 28.9 Å². The molecule has 1 saturated heterocycles. The first-order valence-corrected chi connectivity index (χ1v) is 10.1. The molecule has 0 spiro atoms. The molecule has 3 aromatic rings. The fraction of sp³-hybridized carbons (Fsp3) is 0.250. The van der Waals surface area contributed by atoms with Crippen molar-refractivity contribution < 1.29 is 4.79 Å². The summed E-state index contributed by atoms with van der Waals surface area (Å²) in [7, 11) is 0. The van der Waals surface area contributed by atoms with Crippen LogP contribution in [0.3, 0.4) is 0 Å². The van der Waals surface area contributed by atoms with E-state index in [1.54, 1.807) is 0 Å². The Balaban J connectivity index is 1.47. The van der Waals surface area contributed by atoms with E-state index >= 15 is 0 Å². The maximum Gasteiger partial charge on any atom is 0.253 e. The summed E-state index contributed by atoms with van der Waals surface area (Å²) in [4.78, 5) is 19.7. The molecular formula is C24H23ClN2O. The van der Waals surface area contributed by atoms with Gasteiger partial charge in [-0.25, -0.2) is 0 Å². The number of halogens is 1. The van der Waals surface area contributed by atoms with E-state index in [0.717, 1.165) is 54.3 Å². The maximum absolute atomic E-state index is 12.8. The Bertz CT molecular complexity index is 940. The number of piperidine rings is 1. The van der Waals surface area contributed by atoms with Crippen LogP contribution < -0.4 is 0 Å². The number of carbonyl (C=O) groups excluding carboxylic acids is 1. The number of nitrogens with zero attached hydrogens (tertiary/aromatic N) is 2. The molecule has 2 heterocycles. The van der Waals surface area contributed by atoms with Gasteiger partial charge in [0.25, 0.3) is 5.91 Å². The average Bonchev–Trinajstić information content (AvgIpc) is 2.76. The third-order valence-electron chi connectivity index (χ3n) is 5.27. The standard InChI is InChI=1S/C24H23ClN2O/c25-21-13-11-18(12-14-21)16-22-9-4-10-23(26-22)20-8-5-15-27(17-20)24(28)19-6-2-1-3-7-19/h1-4,6-7,9-14,20H,5,8,15-17H2/t20-/m0/s1.